The SMILES string of the molecule is Cc1cnc(-c2ccc(OCc3ccc(OC(F)(F)F)cc3)cc2)nc1. The van der Waals surface area contributed by atoms with Crippen LogP contribution < -0.4 is 9.47 Å². The molecule has 0 aliphatic carbocycles. The molecule has 0 amide bonds. The number of nitrogens with zero attached hydrogens (tertiary/aromatic N) is 2. The summed E-state index contributed by atoms with van der Waals surface area (Å²) in [6.45, 7) is 2.15. The van der Waals surface area contributed by atoms with Gasteiger partial charge < -0.3 is 9.47 Å². The largest absolute Gasteiger partial charge is 0.573 e. The number of hydrogen-bond donors (Lipinski definition) is 0. The average molecular weight is 360 g/mol. The molecule has 1 heterocycles. The van der Waals surface area contributed by atoms with Gasteiger partial charge in [0.25, 0.3) is 0 Å². The predicted molar refractivity (Wildman–Crippen MR) is 89.7 cm³/mol. The third-order valence-electron chi connectivity index (χ3n) is 3.46. The van der Waals surface area contributed by atoms with Crippen molar-refractivity contribution in [1.82, 2.24) is 9.97 Å². The Kier molecular flexibility index (Phi) is 5.06. The zero-order valence-corrected chi connectivity index (χ0v) is 13.8. The third kappa shape index (κ3) is 4.95. The quantitative estimate of drug-likeness (QED) is 0.647. The van der Waals surface area contributed by atoms with Gasteiger partial charge in [-0.3, -0.25) is 0 Å². The fraction of sp³-hybridized carbons (Fsp3) is 0.158. The zero-order valence-electron chi connectivity index (χ0n) is 13.8. The molecule has 0 aliphatic heterocycles. The van der Waals surface area contributed by atoms with Crippen LogP contribution in [0.1, 0.15) is 11.1 Å². The van der Waals surface area contributed by atoms with Crippen molar-refractivity contribution < 1.29 is 22.6 Å². The maximum Gasteiger partial charge on any atom is 0.573 e. The van der Waals surface area contributed by atoms with Crippen LogP contribution in [0.3, 0.4) is 0 Å². The molecule has 0 spiro atoms. The lowest BCUT2D eigenvalue weighted by molar-refractivity contribution is -0.274. The Morgan fingerprint density at radius 1 is 0.846 bits per heavy atom. The van der Waals surface area contributed by atoms with Gasteiger partial charge in [-0.15, -0.1) is 13.2 Å². The van der Waals surface area contributed by atoms with Crippen molar-refractivity contribution in [2.75, 3.05) is 0 Å². The van der Waals surface area contributed by atoms with E-state index in [2.05, 4.69) is 14.7 Å². The summed E-state index contributed by atoms with van der Waals surface area (Å²) in [5.41, 5.74) is 2.58. The summed E-state index contributed by atoms with van der Waals surface area (Å²) in [5, 5.41) is 0. The van der Waals surface area contributed by atoms with Crippen LogP contribution in [0, 0.1) is 6.92 Å². The van der Waals surface area contributed by atoms with Crippen LogP contribution in [0.15, 0.2) is 60.9 Å². The van der Waals surface area contributed by atoms with Crippen molar-refractivity contribution >= 4 is 0 Å². The second-order valence-electron chi connectivity index (χ2n) is 5.59. The first kappa shape index (κ1) is 17.7. The highest BCUT2D eigenvalue weighted by Crippen LogP contribution is 2.24. The van der Waals surface area contributed by atoms with Crippen molar-refractivity contribution in [3.05, 3.63) is 72.1 Å². The number of halogens is 3. The maximum absolute atomic E-state index is 12.1. The molecule has 134 valence electrons. The fourth-order valence-corrected chi connectivity index (χ4v) is 2.20. The van der Waals surface area contributed by atoms with Crippen molar-refractivity contribution in [2.45, 2.75) is 19.9 Å². The van der Waals surface area contributed by atoms with Gasteiger partial charge in [0.05, 0.1) is 0 Å². The van der Waals surface area contributed by atoms with Crippen LogP contribution >= 0.6 is 0 Å². The highest BCUT2D eigenvalue weighted by Gasteiger charge is 2.30. The van der Waals surface area contributed by atoms with E-state index in [1.165, 1.54) is 24.3 Å². The molecular weight excluding hydrogens is 345 g/mol. The van der Waals surface area contributed by atoms with Crippen LogP contribution in [0.25, 0.3) is 11.4 Å². The van der Waals surface area contributed by atoms with Crippen molar-refractivity contribution in [3.8, 4) is 22.9 Å². The lowest BCUT2D eigenvalue weighted by Crippen LogP contribution is -2.17. The summed E-state index contributed by atoms with van der Waals surface area (Å²) in [6, 6.07) is 12.8. The number of rotatable bonds is 5. The first-order chi connectivity index (χ1) is 12.4. The number of aryl methyl sites for hydroxylation is 1. The van der Waals surface area contributed by atoms with Crippen LogP contribution in [-0.2, 0) is 6.61 Å². The molecule has 0 saturated heterocycles. The smallest absolute Gasteiger partial charge is 0.489 e. The number of hydrogen-bond acceptors (Lipinski definition) is 4. The Hall–Kier alpha value is -3.09. The minimum Gasteiger partial charge on any atom is -0.489 e. The molecule has 0 N–H and O–H groups in total. The van der Waals surface area contributed by atoms with Crippen molar-refractivity contribution in [3.63, 3.8) is 0 Å². The van der Waals surface area contributed by atoms with Crippen LogP contribution in [0.4, 0.5) is 13.2 Å². The van der Waals surface area contributed by atoms with E-state index in [0.717, 1.165) is 16.7 Å². The number of ether oxygens (including phenoxy) is 2. The van der Waals surface area contributed by atoms with E-state index in [4.69, 9.17) is 4.74 Å². The molecule has 4 nitrogen and oxygen atoms in total. The Morgan fingerprint density at radius 3 is 2.00 bits per heavy atom. The topological polar surface area (TPSA) is 44.2 Å². The molecule has 0 unspecified atom stereocenters. The average Bonchev–Trinajstić information content (AvgIpc) is 2.61. The van der Waals surface area contributed by atoms with E-state index < -0.39 is 6.36 Å². The fourth-order valence-electron chi connectivity index (χ4n) is 2.20. The van der Waals surface area contributed by atoms with Crippen molar-refractivity contribution in [1.29, 1.82) is 0 Å². The molecule has 0 radical (unpaired) electrons. The first-order valence-corrected chi connectivity index (χ1v) is 7.76. The summed E-state index contributed by atoms with van der Waals surface area (Å²) in [4.78, 5) is 8.52. The number of benzene rings is 2. The molecule has 0 saturated carbocycles. The molecule has 26 heavy (non-hydrogen) atoms. The van der Waals surface area contributed by atoms with Gasteiger partial charge in [0, 0.05) is 18.0 Å². The van der Waals surface area contributed by atoms with Gasteiger partial charge in [0.1, 0.15) is 18.1 Å². The third-order valence-corrected chi connectivity index (χ3v) is 3.46. The maximum atomic E-state index is 12.1. The molecule has 3 aromatic rings. The first-order valence-electron chi connectivity index (χ1n) is 7.76. The standard InChI is InChI=1S/C19H15F3N2O2/c1-13-10-23-18(24-11-13)15-4-8-16(9-5-15)25-12-14-2-6-17(7-3-14)26-19(20,21)22/h2-11H,12H2,1H3. The Morgan fingerprint density at radius 2 is 1.42 bits per heavy atom. The highest BCUT2D eigenvalue weighted by atomic mass is 19.4. The lowest BCUT2D eigenvalue weighted by atomic mass is 10.2. The van der Waals surface area contributed by atoms with Gasteiger partial charge in [0.15, 0.2) is 5.82 Å². The molecule has 7 heteroatoms. The summed E-state index contributed by atoms with van der Waals surface area (Å²) >= 11 is 0. The molecule has 2 aromatic carbocycles. The van der Waals surface area contributed by atoms with E-state index >= 15 is 0 Å². The van der Waals surface area contributed by atoms with Gasteiger partial charge in [-0.05, 0) is 54.4 Å². The second kappa shape index (κ2) is 7.43. The summed E-state index contributed by atoms with van der Waals surface area (Å²) in [5.74, 6) is 1.00. The lowest BCUT2D eigenvalue weighted by Gasteiger charge is -2.10. The second-order valence-corrected chi connectivity index (χ2v) is 5.59. The van der Waals surface area contributed by atoms with Crippen molar-refractivity contribution in [2.24, 2.45) is 0 Å². The molecule has 3 rings (SSSR count). The number of alkyl halides is 3. The van der Waals surface area contributed by atoms with E-state index in [9.17, 15) is 13.2 Å². The van der Waals surface area contributed by atoms with E-state index in [0.29, 0.717) is 11.6 Å². The Labute approximate surface area is 148 Å². The monoisotopic (exact) mass is 360 g/mol. The summed E-state index contributed by atoms with van der Waals surface area (Å²) in [6.07, 6.45) is -1.20. The molecule has 0 atom stereocenters. The van der Waals surface area contributed by atoms with Gasteiger partial charge in [-0.1, -0.05) is 12.1 Å². The summed E-state index contributed by atoms with van der Waals surface area (Å²) in [7, 11) is 0. The van der Waals surface area contributed by atoms with E-state index in [1.807, 2.05) is 19.1 Å². The normalized spacial score (nSPS) is 11.2. The molecule has 0 aliphatic rings. The van der Waals surface area contributed by atoms with E-state index in [-0.39, 0.29) is 12.4 Å². The molecule has 1 aromatic heterocycles. The van der Waals surface area contributed by atoms with Gasteiger partial charge >= 0.3 is 6.36 Å². The molecule has 0 fully saturated rings. The summed E-state index contributed by atoms with van der Waals surface area (Å²) < 4.78 is 45.9. The van der Waals surface area contributed by atoms with Gasteiger partial charge in [0.2, 0.25) is 0 Å². The van der Waals surface area contributed by atoms with Crippen LogP contribution in [-0.4, -0.2) is 16.3 Å². The van der Waals surface area contributed by atoms with Crippen LogP contribution in [0.5, 0.6) is 11.5 Å². The highest BCUT2D eigenvalue weighted by molar-refractivity contribution is 5.55. The predicted octanol–water partition coefficient (Wildman–Crippen LogP) is 4.93. The minimum absolute atomic E-state index is 0.229. The Balaban J connectivity index is 1.59. The Bertz CT molecular complexity index is 846. The van der Waals surface area contributed by atoms with Crippen LogP contribution in [0.2, 0.25) is 0 Å². The zero-order chi connectivity index (χ0) is 18.6. The van der Waals surface area contributed by atoms with Gasteiger partial charge in [-0.25, -0.2) is 9.97 Å². The van der Waals surface area contributed by atoms with Gasteiger partial charge in [-0.2, -0.15) is 0 Å². The molecular formula is C19H15F3N2O2. The molecule has 0 bridgehead atoms. The minimum atomic E-state index is -4.69. The van der Waals surface area contributed by atoms with E-state index in [1.54, 1.807) is 24.5 Å². The number of aromatic nitrogens is 2.